The third-order valence-corrected chi connectivity index (χ3v) is 3.67. The molecule has 1 aromatic rings. The van der Waals surface area contributed by atoms with Gasteiger partial charge in [-0.1, -0.05) is 42.1 Å². The van der Waals surface area contributed by atoms with Crippen molar-refractivity contribution in [2.75, 3.05) is 0 Å². The molecule has 0 bridgehead atoms. The Morgan fingerprint density at radius 2 is 1.72 bits per heavy atom. The first-order chi connectivity index (χ1) is 8.54. The van der Waals surface area contributed by atoms with Crippen molar-refractivity contribution in [3.63, 3.8) is 0 Å². The maximum atomic E-state index is 6.09. The molecular formula is C16H25BrO. The summed E-state index contributed by atoms with van der Waals surface area (Å²) in [4.78, 5) is 0. The van der Waals surface area contributed by atoms with E-state index in [4.69, 9.17) is 4.74 Å². The average molecular weight is 313 g/mol. The number of halogens is 1. The maximum absolute atomic E-state index is 6.09. The minimum atomic E-state index is 0.306. The fourth-order valence-corrected chi connectivity index (χ4v) is 2.89. The van der Waals surface area contributed by atoms with Crippen molar-refractivity contribution in [3.8, 4) is 5.75 Å². The predicted octanol–water partition coefficient (Wildman–Crippen LogP) is 5.80. The van der Waals surface area contributed by atoms with E-state index < -0.39 is 0 Å². The van der Waals surface area contributed by atoms with Crippen molar-refractivity contribution in [1.82, 2.24) is 0 Å². The molecule has 1 atom stereocenters. The van der Waals surface area contributed by atoms with Crippen LogP contribution in [0.1, 0.15) is 57.1 Å². The molecule has 0 N–H and O–H groups in total. The average Bonchev–Trinajstić information content (AvgIpc) is 2.29. The Balaban J connectivity index is 2.51. The summed E-state index contributed by atoms with van der Waals surface area (Å²) in [6.07, 6.45) is 6.67. The van der Waals surface area contributed by atoms with Crippen LogP contribution in [0.3, 0.4) is 0 Å². The van der Waals surface area contributed by atoms with Gasteiger partial charge in [0.15, 0.2) is 0 Å². The zero-order valence-electron chi connectivity index (χ0n) is 12.1. The molecule has 0 aliphatic rings. The van der Waals surface area contributed by atoms with Gasteiger partial charge in [-0.3, -0.25) is 0 Å². The summed E-state index contributed by atoms with van der Waals surface area (Å²) in [5.74, 6) is 1.06. The van der Waals surface area contributed by atoms with Crippen molar-refractivity contribution in [3.05, 3.63) is 27.7 Å². The quantitative estimate of drug-likeness (QED) is 0.578. The Labute approximate surface area is 120 Å². The first-order valence-electron chi connectivity index (χ1n) is 6.98. The van der Waals surface area contributed by atoms with Crippen LogP contribution in [0.2, 0.25) is 0 Å². The lowest BCUT2D eigenvalue weighted by molar-refractivity contribution is 0.203. The van der Waals surface area contributed by atoms with E-state index in [1.807, 2.05) is 0 Å². The Bertz CT molecular complexity index is 350. The number of aryl methyl sites for hydroxylation is 2. The van der Waals surface area contributed by atoms with E-state index in [9.17, 15) is 0 Å². The van der Waals surface area contributed by atoms with Crippen LogP contribution < -0.4 is 4.74 Å². The smallest absolute Gasteiger partial charge is 0.125 e. The summed E-state index contributed by atoms with van der Waals surface area (Å²) in [7, 11) is 0. The van der Waals surface area contributed by atoms with E-state index in [1.165, 1.54) is 36.8 Å². The van der Waals surface area contributed by atoms with Gasteiger partial charge in [-0.15, -0.1) is 0 Å². The number of benzene rings is 1. The highest BCUT2D eigenvalue weighted by Crippen LogP contribution is 2.28. The van der Waals surface area contributed by atoms with E-state index in [0.29, 0.717) is 6.10 Å². The van der Waals surface area contributed by atoms with Crippen molar-refractivity contribution in [1.29, 1.82) is 0 Å². The molecule has 0 spiro atoms. The highest BCUT2D eigenvalue weighted by Gasteiger charge is 2.09. The molecule has 0 fully saturated rings. The Morgan fingerprint density at radius 3 is 2.28 bits per heavy atom. The van der Waals surface area contributed by atoms with Crippen LogP contribution in [0, 0.1) is 13.8 Å². The first-order valence-corrected chi connectivity index (χ1v) is 7.77. The van der Waals surface area contributed by atoms with Crippen LogP contribution in [0.15, 0.2) is 16.6 Å². The predicted molar refractivity (Wildman–Crippen MR) is 82.5 cm³/mol. The second-order valence-electron chi connectivity index (χ2n) is 5.15. The monoisotopic (exact) mass is 312 g/mol. The van der Waals surface area contributed by atoms with Crippen LogP contribution in [0.25, 0.3) is 0 Å². The standard InChI is InChI=1S/C16H25BrO/c1-5-6-7-8-9-14(4)18-16-12(2)10-15(17)11-13(16)3/h10-11,14H,5-9H2,1-4H3. The summed E-state index contributed by atoms with van der Waals surface area (Å²) in [6.45, 7) is 8.63. The van der Waals surface area contributed by atoms with Gasteiger partial charge in [0.05, 0.1) is 6.10 Å². The number of ether oxygens (including phenoxy) is 1. The lowest BCUT2D eigenvalue weighted by atomic mass is 10.1. The lowest BCUT2D eigenvalue weighted by Crippen LogP contribution is -2.13. The topological polar surface area (TPSA) is 9.23 Å². The van der Waals surface area contributed by atoms with Gasteiger partial charge < -0.3 is 4.74 Å². The molecule has 0 aliphatic heterocycles. The van der Waals surface area contributed by atoms with Crippen molar-refractivity contribution in [2.45, 2.75) is 65.9 Å². The molecule has 1 unspecified atom stereocenters. The van der Waals surface area contributed by atoms with Crippen LogP contribution in [-0.4, -0.2) is 6.10 Å². The molecule has 0 saturated carbocycles. The zero-order valence-corrected chi connectivity index (χ0v) is 13.6. The number of hydrogen-bond acceptors (Lipinski definition) is 1. The second kappa shape index (κ2) is 7.83. The highest BCUT2D eigenvalue weighted by atomic mass is 79.9. The highest BCUT2D eigenvalue weighted by molar-refractivity contribution is 9.10. The maximum Gasteiger partial charge on any atom is 0.125 e. The minimum Gasteiger partial charge on any atom is -0.490 e. The molecule has 2 heteroatoms. The third-order valence-electron chi connectivity index (χ3n) is 3.21. The van der Waals surface area contributed by atoms with Gasteiger partial charge in [0.2, 0.25) is 0 Å². The van der Waals surface area contributed by atoms with Crippen LogP contribution >= 0.6 is 15.9 Å². The largest absolute Gasteiger partial charge is 0.490 e. The Morgan fingerprint density at radius 1 is 1.11 bits per heavy atom. The van der Waals surface area contributed by atoms with Gasteiger partial charge in [0.1, 0.15) is 5.75 Å². The molecule has 0 radical (unpaired) electrons. The summed E-state index contributed by atoms with van der Waals surface area (Å²) in [5, 5.41) is 0. The Kier molecular flexibility index (Phi) is 6.77. The Hall–Kier alpha value is -0.500. The second-order valence-corrected chi connectivity index (χ2v) is 6.06. The van der Waals surface area contributed by atoms with Crippen molar-refractivity contribution >= 4 is 15.9 Å². The molecule has 0 aliphatic carbocycles. The molecule has 0 saturated heterocycles. The SMILES string of the molecule is CCCCCCC(C)Oc1c(C)cc(Br)cc1C. The third kappa shape index (κ3) is 5.01. The minimum absolute atomic E-state index is 0.306. The van der Waals surface area contributed by atoms with Crippen LogP contribution in [0.5, 0.6) is 5.75 Å². The van der Waals surface area contributed by atoms with E-state index in [1.54, 1.807) is 0 Å². The molecule has 0 aromatic heterocycles. The zero-order chi connectivity index (χ0) is 13.5. The summed E-state index contributed by atoms with van der Waals surface area (Å²) >= 11 is 3.52. The number of unbranched alkanes of at least 4 members (excludes halogenated alkanes) is 3. The van der Waals surface area contributed by atoms with E-state index in [0.717, 1.165) is 16.6 Å². The van der Waals surface area contributed by atoms with Gasteiger partial charge in [-0.05, 0) is 56.9 Å². The molecule has 102 valence electrons. The fourth-order valence-electron chi connectivity index (χ4n) is 2.20. The van der Waals surface area contributed by atoms with Gasteiger partial charge >= 0.3 is 0 Å². The molecule has 1 nitrogen and oxygen atoms in total. The molecule has 0 heterocycles. The fraction of sp³-hybridized carbons (Fsp3) is 0.625. The summed E-state index contributed by atoms with van der Waals surface area (Å²) < 4.78 is 7.22. The van der Waals surface area contributed by atoms with Crippen molar-refractivity contribution in [2.24, 2.45) is 0 Å². The molecule has 1 aromatic carbocycles. The molecular weight excluding hydrogens is 288 g/mol. The summed E-state index contributed by atoms with van der Waals surface area (Å²) in [5.41, 5.74) is 2.42. The van der Waals surface area contributed by atoms with Gasteiger partial charge in [-0.2, -0.15) is 0 Å². The first kappa shape index (κ1) is 15.6. The number of hydrogen-bond donors (Lipinski definition) is 0. The molecule has 1 rings (SSSR count). The number of rotatable bonds is 7. The van der Waals surface area contributed by atoms with Gasteiger partial charge in [0.25, 0.3) is 0 Å². The van der Waals surface area contributed by atoms with E-state index in [-0.39, 0.29) is 0 Å². The van der Waals surface area contributed by atoms with E-state index >= 15 is 0 Å². The van der Waals surface area contributed by atoms with Crippen LogP contribution in [-0.2, 0) is 0 Å². The molecule has 0 amide bonds. The van der Waals surface area contributed by atoms with Gasteiger partial charge in [0, 0.05) is 4.47 Å². The molecule has 18 heavy (non-hydrogen) atoms. The van der Waals surface area contributed by atoms with Crippen molar-refractivity contribution < 1.29 is 4.74 Å². The van der Waals surface area contributed by atoms with E-state index in [2.05, 4.69) is 55.8 Å². The lowest BCUT2D eigenvalue weighted by Gasteiger charge is -2.18. The van der Waals surface area contributed by atoms with Crippen LogP contribution in [0.4, 0.5) is 0 Å². The van der Waals surface area contributed by atoms with Gasteiger partial charge in [-0.25, -0.2) is 0 Å². The normalized spacial score (nSPS) is 12.5. The summed E-state index contributed by atoms with van der Waals surface area (Å²) in [6, 6.07) is 4.23.